The number of para-hydroxylation sites is 1. The lowest BCUT2D eigenvalue weighted by Gasteiger charge is -2.07. The molecule has 0 spiro atoms. The highest BCUT2D eigenvalue weighted by Crippen LogP contribution is 2.38. The Labute approximate surface area is 84.0 Å². The molecule has 1 aromatic rings. The second kappa shape index (κ2) is 4.22. The average molecular weight is 193 g/mol. The van der Waals surface area contributed by atoms with Crippen molar-refractivity contribution in [2.24, 2.45) is 0 Å². The number of rotatable bonds is 4. The molecule has 1 N–H and O–H groups in total. The van der Waals surface area contributed by atoms with Crippen LogP contribution in [0.25, 0.3) is 0 Å². The van der Waals surface area contributed by atoms with Gasteiger partial charge in [-0.15, -0.1) is 0 Å². The van der Waals surface area contributed by atoms with Gasteiger partial charge in [-0.1, -0.05) is 19.4 Å². The molecule has 3 nitrogen and oxygen atoms in total. The van der Waals surface area contributed by atoms with E-state index in [1.165, 1.54) is 12.8 Å². The van der Waals surface area contributed by atoms with Gasteiger partial charge in [-0.05, 0) is 18.6 Å². The Morgan fingerprint density at radius 2 is 2.29 bits per heavy atom. The molecule has 0 fully saturated rings. The quantitative estimate of drug-likeness (QED) is 0.745. The van der Waals surface area contributed by atoms with Crippen molar-refractivity contribution in [2.45, 2.75) is 19.8 Å². The first-order chi connectivity index (χ1) is 6.92. The van der Waals surface area contributed by atoms with Crippen LogP contribution in [0.2, 0.25) is 0 Å². The largest absolute Gasteiger partial charge is 0.454 e. The van der Waals surface area contributed by atoms with Gasteiger partial charge in [0.15, 0.2) is 11.5 Å². The van der Waals surface area contributed by atoms with Crippen molar-refractivity contribution in [3.05, 3.63) is 18.2 Å². The van der Waals surface area contributed by atoms with Crippen LogP contribution in [0.4, 0.5) is 5.69 Å². The summed E-state index contributed by atoms with van der Waals surface area (Å²) in [6, 6.07) is 5.91. The molecule has 0 unspecified atom stereocenters. The van der Waals surface area contributed by atoms with Crippen LogP contribution in [0.15, 0.2) is 18.2 Å². The molecule has 0 saturated carbocycles. The van der Waals surface area contributed by atoms with E-state index in [0.717, 1.165) is 23.7 Å². The molecule has 1 aliphatic rings. The third-order valence-electron chi connectivity index (χ3n) is 2.24. The van der Waals surface area contributed by atoms with E-state index < -0.39 is 0 Å². The third kappa shape index (κ3) is 1.76. The topological polar surface area (TPSA) is 30.5 Å². The van der Waals surface area contributed by atoms with E-state index in [-0.39, 0.29) is 0 Å². The van der Waals surface area contributed by atoms with Gasteiger partial charge in [0, 0.05) is 6.54 Å². The molecule has 14 heavy (non-hydrogen) atoms. The Morgan fingerprint density at radius 1 is 1.36 bits per heavy atom. The lowest BCUT2D eigenvalue weighted by atomic mass is 10.2. The summed E-state index contributed by atoms with van der Waals surface area (Å²) in [4.78, 5) is 0. The molecule has 0 saturated heterocycles. The summed E-state index contributed by atoms with van der Waals surface area (Å²) in [5.41, 5.74) is 1.04. The lowest BCUT2D eigenvalue weighted by Crippen LogP contribution is -2.01. The minimum atomic E-state index is 0.335. The fourth-order valence-corrected chi connectivity index (χ4v) is 1.47. The minimum Gasteiger partial charge on any atom is -0.454 e. The van der Waals surface area contributed by atoms with Gasteiger partial charge in [-0.3, -0.25) is 0 Å². The van der Waals surface area contributed by atoms with Crippen LogP contribution in [0.5, 0.6) is 11.5 Å². The van der Waals surface area contributed by atoms with Crippen molar-refractivity contribution >= 4 is 5.69 Å². The van der Waals surface area contributed by atoms with E-state index in [1.54, 1.807) is 0 Å². The van der Waals surface area contributed by atoms with Crippen molar-refractivity contribution in [1.29, 1.82) is 0 Å². The van der Waals surface area contributed by atoms with Gasteiger partial charge in [0.2, 0.25) is 6.79 Å². The van der Waals surface area contributed by atoms with Crippen molar-refractivity contribution in [3.63, 3.8) is 0 Å². The molecule has 76 valence electrons. The van der Waals surface area contributed by atoms with Crippen molar-refractivity contribution in [3.8, 4) is 11.5 Å². The Bertz CT molecular complexity index is 312. The van der Waals surface area contributed by atoms with Crippen LogP contribution >= 0.6 is 0 Å². The number of anilines is 1. The Kier molecular flexibility index (Phi) is 2.77. The number of ether oxygens (including phenoxy) is 2. The fourth-order valence-electron chi connectivity index (χ4n) is 1.47. The maximum atomic E-state index is 5.38. The summed E-state index contributed by atoms with van der Waals surface area (Å²) in [5.74, 6) is 1.69. The highest BCUT2D eigenvalue weighted by Gasteiger charge is 2.16. The number of nitrogens with one attached hydrogen (secondary N) is 1. The number of unbranched alkanes of at least 4 members (excludes halogenated alkanes) is 1. The van der Waals surface area contributed by atoms with Crippen LogP contribution in [0, 0.1) is 0 Å². The molecule has 0 atom stereocenters. The zero-order valence-corrected chi connectivity index (χ0v) is 8.38. The van der Waals surface area contributed by atoms with Crippen molar-refractivity contribution < 1.29 is 9.47 Å². The van der Waals surface area contributed by atoms with E-state index in [0.29, 0.717) is 6.79 Å². The summed E-state index contributed by atoms with van der Waals surface area (Å²) in [7, 11) is 0. The van der Waals surface area contributed by atoms with Crippen LogP contribution in [0.1, 0.15) is 19.8 Å². The second-order valence-electron chi connectivity index (χ2n) is 3.32. The number of fused-ring (bicyclic) bond motifs is 1. The summed E-state index contributed by atoms with van der Waals surface area (Å²) < 4.78 is 10.7. The molecule has 0 bridgehead atoms. The molecule has 2 rings (SSSR count). The molecular weight excluding hydrogens is 178 g/mol. The number of benzene rings is 1. The summed E-state index contributed by atoms with van der Waals surface area (Å²) >= 11 is 0. The van der Waals surface area contributed by atoms with E-state index in [4.69, 9.17) is 9.47 Å². The highest BCUT2D eigenvalue weighted by atomic mass is 16.7. The van der Waals surface area contributed by atoms with Gasteiger partial charge in [0.25, 0.3) is 0 Å². The van der Waals surface area contributed by atoms with Gasteiger partial charge in [0.1, 0.15) is 0 Å². The van der Waals surface area contributed by atoms with E-state index in [2.05, 4.69) is 12.2 Å². The Morgan fingerprint density at radius 3 is 3.14 bits per heavy atom. The lowest BCUT2D eigenvalue weighted by molar-refractivity contribution is 0.174. The minimum absolute atomic E-state index is 0.335. The van der Waals surface area contributed by atoms with E-state index in [1.807, 2.05) is 18.2 Å². The first-order valence-electron chi connectivity index (χ1n) is 5.04. The maximum absolute atomic E-state index is 5.38. The predicted molar refractivity (Wildman–Crippen MR) is 56.0 cm³/mol. The van der Waals surface area contributed by atoms with Crippen LogP contribution in [0.3, 0.4) is 0 Å². The molecular formula is C11H15NO2. The van der Waals surface area contributed by atoms with Gasteiger partial charge in [0.05, 0.1) is 5.69 Å². The Hall–Kier alpha value is -1.38. The van der Waals surface area contributed by atoms with Gasteiger partial charge < -0.3 is 14.8 Å². The highest BCUT2D eigenvalue weighted by molar-refractivity contribution is 5.64. The predicted octanol–water partition coefficient (Wildman–Crippen LogP) is 2.63. The fraction of sp³-hybridized carbons (Fsp3) is 0.455. The molecule has 0 aliphatic carbocycles. The molecule has 1 aromatic carbocycles. The summed E-state index contributed by atoms with van der Waals surface area (Å²) in [5, 5.41) is 3.34. The summed E-state index contributed by atoms with van der Waals surface area (Å²) in [6.45, 7) is 3.49. The smallest absolute Gasteiger partial charge is 0.231 e. The molecule has 1 aliphatic heterocycles. The molecule has 0 radical (unpaired) electrons. The maximum Gasteiger partial charge on any atom is 0.231 e. The number of hydrogen-bond acceptors (Lipinski definition) is 3. The van der Waals surface area contributed by atoms with Gasteiger partial charge >= 0.3 is 0 Å². The molecule has 3 heteroatoms. The second-order valence-corrected chi connectivity index (χ2v) is 3.32. The van der Waals surface area contributed by atoms with Crippen molar-refractivity contribution in [1.82, 2.24) is 0 Å². The monoisotopic (exact) mass is 193 g/mol. The average Bonchev–Trinajstić information content (AvgIpc) is 2.67. The van der Waals surface area contributed by atoms with E-state index >= 15 is 0 Å². The first-order valence-corrected chi connectivity index (χ1v) is 5.04. The Balaban J connectivity index is 2.06. The standard InChI is InChI=1S/C11H15NO2/c1-2-3-7-12-9-5-4-6-10-11(9)14-8-13-10/h4-6,12H,2-3,7-8H2,1H3. The molecule has 0 aromatic heterocycles. The number of hydrogen-bond donors (Lipinski definition) is 1. The summed E-state index contributed by atoms with van der Waals surface area (Å²) in [6.07, 6.45) is 2.36. The third-order valence-corrected chi connectivity index (χ3v) is 2.24. The van der Waals surface area contributed by atoms with Crippen LogP contribution in [-0.2, 0) is 0 Å². The van der Waals surface area contributed by atoms with Crippen LogP contribution in [-0.4, -0.2) is 13.3 Å². The first kappa shape index (κ1) is 9.19. The van der Waals surface area contributed by atoms with Gasteiger partial charge in [-0.2, -0.15) is 0 Å². The van der Waals surface area contributed by atoms with Gasteiger partial charge in [-0.25, -0.2) is 0 Å². The van der Waals surface area contributed by atoms with E-state index in [9.17, 15) is 0 Å². The normalized spacial score (nSPS) is 12.9. The van der Waals surface area contributed by atoms with Crippen molar-refractivity contribution in [2.75, 3.05) is 18.7 Å². The van der Waals surface area contributed by atoms with Crippen LogP contribution < -0.4 is 14.8 Å². The molecule has 0 amide bonds. The zero-order chi connectivity index (χ0) is 9.80. The SMILES string of the molecule is CCCCNc1cccc2c1OCO2. The zero-order valence-electron chi connectivity index (χ0n) is 8.38. The molecule has 1 heterocycles.